The van der Waals surface area contributed by atoms with Gasteiger partial charge in [0, 0.05) is 23.2 Å². The van der Waals surface area contributed by atoms with Gasteiger partial charge in [0.2, 0.25) is 11.8 Å². The predicted molar refractivity (Wildman–Crippen MR) is 139 cm³/mol. The summed E-state index contributed by atoms with van der Waals surface area (Å²) in [6.45, 7) is 6.61. The van der Waals surface area contributed by atoms with Crippen molar-refractivity contribution in [2.75, 3.05) is 18.4 Å². The van der Waals surface area contributed by atoms with Gasteiger partial charge in [-0.25, -0.2) is 4.79 Å². The van der Waals surface area contributed by atoms with Crippen molar-refractivity contribution in [1.29, 1.82) is 0 Å². The summed E-state index contributed by atoms with van der Waals surface area (Å²) in [4.78, 5) is 38.3. The molecule has 0 aromatic heterocycles. The Labute approximate surface area is 216 Å². The third kappa shape index (κ3) is 5.90. The van der Waals surface area contributed by atoms with Crippen LogP contribution in [0.5, 0.6) is 0 Å². The predicted octanol–water partition coefficient (Wildman–Crippen LogP) is 5.03. The van der Waals surface area contributed by atoms with Crippen molar-refractivity contribution < 1.29 is 19.1 Å². The molecule has 8 heteroatoms. The highest BCUT2D eigenvalue weighted by molar-refractivity contribution is 9.10. The number of hydrogen-bond acceptors (Lipinski definition) is 4. The number of unbranched alkanes of at least 4 members (excludes halogenated alkanes) is 2. The van der Waals surface area contributed by atoms with Crippen LogP contribution in [0.25, 0.3) is 0 Å². The molecule has 4 atom stereocenters. The molecule has 2 saturated carbocycles. The van der Waals surface area contributed by atoms with E-state index in [0.29, 0.717) is 13.1 Å². The van der Waals surface area contributed by atoms with Crippen LogP contribution in [0.3, 0.4) is 0 Å². The van der Waals surface area contributed by atoms with Crippen molar-refractivity contribution in [2.45, 2.75) is 58.5 Å². The summed E-state index contributed by atoms with van der Waals surface area (Å²) in [5.41, 5.74) is 0.348. The zero-order chi connectivity index (χ0) is 25.2. The fraction of sp³-hybridized carbons (Fsp3) is 0.593. The van der Waals surface area contributed by atoms with Gasteiger partial charge in [0.25, 0.3) is 0 Å². The summed E-state index contributed by atoms with van der Waals surface area (Å²) in [7, 11) is 0. The van der Waals surface area contributed by atoms with Crippen molar-refractivity contribution in [1.82, 2.24) is 10.6 Å². The average molecular weight is 547 g/mol. The number of allylic oxidation sites excluding steroid dienone is 2. The lowest BCUT2D eigenvalue weighted by Crippen LogP contribution is -2.42. The highest BCUT2D eigenvalue weighted by Crippen LogP contribution is 2.72. The summed E-state index contributed by atoms with van der Waals surface area (Å²) in [6, 6.07) is 7.52. The molecule has 35 heavy (non-hydrogen) atoms. The molecule has 0 saturated heterocycles. The van der Waals surface area contributed by atoms with Crippen molar-refractivity contribution in [3.8, 4) is 0 Å². The lowest BCUT2D eigenvalue weighted by molar-refractivity contribution is -0.132. The quantitative estimate of drug-likeness (QED) is 0.299. The highest BCUT2D eigenvalue weighted by atomic mass is 79.9. The van der Waals surface area contributed by atoms with Gasteiger partial charge in [0.05, 0.1) is 11.8 Å². The smallest absolute Gasteiger partial charge is 0.407 e. The summed E-state index contributed by atoms with van der Waals surface area (Å²) in [6.07, 6.45) is 8.63. The molecule has 0 radical (unpaired) electrons. The summed E-state index contributed by atoms with van der Waals surface area (Å²) < 4.78 is 6.18. The van der Waals surface area contributed by atoms with E-state index in [4.69, 9.17) is 4.74 Å². The molecule has 3 amide bonds. The lowest BCUT2D eigenvalue weighted by Gasteiger charge is -2.26. The summed E-state index contributed by atoms with van der Waals surface area (Å²) >= 11 is 3.42. The van der Waals surface area contributed by atoms with E-state index < -0.39 is 11.7 Å². The van der Waals surface area contributed by atoms with Gasteiger partial charge in [-0.3, -0.25) is 9.59 Å². The van der Waals surface area contributed by atoms with Crippen LogP contribution in [0.1, 0.15) is 52.9 Å². The zero-order valence-electron chi connectivity index (χ0n) is 20.7. The SMILES string of the molecule is CC(C)(C)OC(=O)NCCCCCNC(=O)[C@H]1[C@H](C(=O)Nc2ccc(Br)cc2)[C@@H]2C=C[C@H]1C21CC1. The standard InChI is InChI=1S/C27H36BrN3O4/c1-26(2,3)35-25(34)30-16-6-4-5-15-29-23(32)21-19-11-12-20(27(19)13-14-27)22(21)24(33)31-18-9-7-17(28)8-10-18/h7-12,19-22H,4-6,13-16H2,1-3H3,(H,29,32)(H,30,34)(H,31,33)/t19-,20+,21-,22-/m1/s1. The van der Waals surface area contributed by atoms with Crippen LogP contribution in [-0.2, 0) is 14.3 Å². The molecule has 0 unspecified atom stereocenters. The van der Waals surface area contributed by atoms with Gasteiger partial charge in [-0.1, -0.05) is 28.1 Å². The number of carbonyl (C=O) groups excluding carboxylic acids is 3. The topological polar surface area (TPSA) is 96.5 Å². The summed E-state index contributed by atoms with van der Waals surface area (Å²) in [5, 5.41) is 8.89. The van der Waals surface area contributed by atoms with Crippen molar-refractivity contribution in [3.05, 3.63) is 40.9 Å². The van der Waals surface area contributed by atoms with Gasteiger partial charge < -0.3 is 20.7 Å². The van der Waals surface area contributed by atoms with E-state index in [0.717, 1.165) is 42.3 Å². The maximum Gasteiger partial charge on any atom is 0.407 e. The molecule has 3 N–H and O–H groups in total. The third-order valence-corrected chi connectivity index (χ3v) is 7.91. The Hall–Kier alpha value is -2.35. The fourth-order valence-corrected chi connectivity index (χ4v) is 5.99. The van der Waals surface area contributed by atoms with Gasteiger partial charge in [-0.15, -0.1) is 0 Å². The second-order valence-corrected chi connectivity index (χ2v) is 11.9. The third-order valence-electron chi connectivity index (χ3n) is 7.38. The van der Waals surface area contributed by atoms with Crippen molar-refractivity contribution in [3.63, 3.8) is 0 Å². The van der Waals surface area contributed by atoms with E-state index in [9.17, 15) is 14.4 Å². The normalized spacial score (nSPS) is 25.4. The van der Waals surface area contributed by atoms with E-state index in [1.807, 2.05) is 45.0 Å². The van der Waals surface area contributed by atoms with Crippen LogP contribution in [0.2, 0.25) is 0 Å². The number of amides is 3. The fourth-order valence-electron chi connectivity index (χ4n) is 5.73. The summed E-state index contributed by atoms with van der Waals surface area (Å²) in [5.74, 6) is -0.463. The first kappa shape index (κ1) is 25.7. The first-order chi connectivity index (χ1) is 16.6. The number of nitrogens with one attached hydrogen (secondary N) is 3. The van der Waals surface area contributed by atoms with Gasteiger partial charge in [0.15, 0.2) is 0 Å². The molecular weight excluding hydrogens is 510 g/mol. The Morgan fingerprint density at radius 1 is 0.914 bits per heavy atom. The van der Waals surface area contributed by atoms with E-state index in [-0.39, 0.29) is 40.9 Å². The van der Waals surface area contributed by atoms with E-state index in [1.165, 1.54) is 0 Å². The minimum atomic E-state index is -0.505. The molecule has 1 spiro atoms. The minimum Gasteiger partial charge on any atom is -0.444 e. The Balaban J connectivity index is 1.25. The number of carbonyl (C=O) groups is 3. The molecule has 7 nitrogen and oxygen atoms in total. The minimum absolute atomic E-state index is 0.0176. The Morgan fingerprint density at radius 3 is 2.06 bits per heavy atom. The number of ether oxygens (including phenoxy) is 1. The number of alkyl carbamates (subject to hydrolysis) is 1. The molecular formula is C27H36BrN3O4. The number of rotatable bonds is 9. The van der Waals surface area contributed by atoms with Gasteiger partial charge in [-0.05, 0) is 94.4 Å². The van der Waals surface area contributed by atoms with E-state index in [2.05, 4.69) is 44.0 Å². The van der Waals surface area contributed by atoms with Gasteiger partial charge in [0.1, 0.15) is 5.60 Å². The molecule has 1 aromatic rings. The molecule has 190 valence electrons. The Kier molecular flexibility index (Phi) is 7.60. The Bertz CT molecular complexity index is 981. The molecule has 2 bridgehead atoms. The van der Waals surface area contributed by atoms with Crippen LogP contribution in [0.4, 0.5) is 10.5 Å². The number of anilines is 1. The maximum atomic E-state index is 13.3. The molecule has 3 aliphatic rings. The second-order valence-electron chi connectivity index (χ2n) is 11.0. The van der Waals surface area contributed by atoms with Gasteiger partial charge >= 0.3 is 6.09 Å². The molecule has 0 aliphatic heterocycles. The van der Waals surface area contributed by atoms with Crippen LogP contribution in [-0.4, -0.2) is 36.6 Å². The molecule has 2 fully saturated rings. The largest absolute Gasteiger partial charge is 0.444 e. The Morgan fingerprint density at radius 2 is 1.49 bits per heavy atom. The van der Waals surface area contributed by atoms with E-state index >= 15 is 0 Å². The molecule has 3 aliphatic carbocycles. The molecule has 4 rings (SSSR count). The van der Waals surface area contributed by atoms with Crippen LogP contribution in [0, 0.1) is 29.1 Å². The zero-order valence-corrected chi connectivity index (χ0v) is 22.3. The lowest BCUT2D eigenvalue weighted by atomic mass is 9.81. The van der Waals surface area contributed by atoms with Crippen LogP contribution < -0.4 is 16.0 Å². The first-order valence-corrected chi connectivity index (χ1v) is 13.4. The number of benzene rings is 1. The number of hydrogen-bond donors (Lipinski definition) is 3. The monoisotopic (exact) mass is 545 g/mol. The first-order valence-electron chi connectivity index (χ1n) is 12.6. The maximum absolute atomic E-state index is 13.3. The van der Waals surface area contributed by atoms with Crippen LogP contribution >= 0.6 is 15.9 Å². The van der Waals surface area contributed by atoms with E-state index in [1.54, 1.807) is 0 Å². The van der Waals surface area contributed by atoms with Crippen molar-refractivity contribution in [2.24, 2.45) is 29.1 Å². The highest BCUT2D eigenvalue weighted by Gasteiger charge is 2.69. The second kappa shape index (κ2) is 10.3. The van der Waals surface area contributed by atoms with Crippen molar-refractivity contribution >= 4 is 39.5 Å². The average Bonchev–Trinajstić information content (AvgIpc) is 3.45. The number of halogens is 1. The van der Waals surface area contributed by atoms with Crippen LogP contribution in [0.15, 0.2) is 40.9 Å². The molecule has 0 heterocycles. The molecule has 1 aromatic carbocycles. The van der Waals surface area contributed by atoms with Gasteiger partial charge in [-0.2, -0.15) is 0 Å².